The summed E-state index contributed by atoms with van der Waals surface area (Å²) in [6.07, 6.45) is 1.73. The van der Waals surface area contributed by atoms with Gasteiger partial charge in [0, 0.05) is 12.2 Å². The molecular formula is C15H17N3S. The highest BCUT2D eigenvalue weighted by molar-refractivity contribution is 7.80. The smallest absolute Gasteiger partial charge is 0.136 e. The quantitative estimate of drug-likeness (QED) is 0.838. The van der Waals surface area contributed by atoms with Crippen molar-refractivity contribution < 1.29 is 0 Å². The van der Waals surface area contributed by atoms with Gasteiger partial charge in [0.15, 0.2) is 0 Å². The number of benzene rings is 1. The van der Waals surface area contributed by atoms with Crippen molar-refractivity contribution in [1.29, 1.82) is 0 Å². The summed E-state index contributed by atoms with van der Waals surface area (Å²) in [5.74, 6) is 0.725. The highest BCUT2D eigenvalue weighted by Crippen LogP contribution is 2.20. The van der Waals surface area contributed by atoms with E-state index in [2.05, 4.69) is 48.4 Å². The van der Waals surface area contributed by atoms with Crippen LogP contribution in [-0.4, -0.2) is 9.97 Å². The number of hydrogen-bond donors (Lipinski definition) is 2. The minimum absolute atomic E-state index is 0.142. The fourth-order valence-corrected chi connectivity index (χ4v) is 2.03. The van der Waals surface area contributed by atoms with Gasteiger partial charge in [-0.1, -0.05) is 42.0 Å². The fourth-order valence-electron chi connectivity index (χ4n) is 1.86. The summed E-state index contributed by atoms with van der Waals surface area (Å²) in [5.41, 5.74) is 8.92. The molecule has 2 rings (SSSR count). The van der Waals surface area contributed by atoms with Crippen LogP contribution in [-0.2, 0) is 0 Å². The van der Waals surface area contributed by atoms with Gasteiger partial charge in [-0.2, -0.15) is 0 Å². The molecule has 0 aliphatic rings. The Morgan fingerprint density at radius 1 is 1.26 bits per heavy atom. The van der Waals surface area contributed by atoms with Crippen molar-refractivity contribution in [2.45, 2.75) is 19.9 Å². The molecule has 0 amide bonds. The zero-order chi connectivity index (χ0) is 13.8. The first-order chi connectivity index (χ1) is 9.08. The van der Waals surface area contributed by atoms with E-state index in [0.717, 1.165) is 11.4 Å². The van der Waals surface area contributed by atoms with Crippen LogP contribution >= 0.6 is 12.2 Å². The third-order valence-corrected chi connectivity index (χ3v) is 3.22. The van der Waals surface area contributed by atoms with Gasteiger partial charge in [0.25, 0.3) is 0 Å². The van der Waals surface area contributed by atoms with Crippen LogP contribution in [0.25, 0.3) is 0 Å². The van der Waals surface area contributed by atoms with E-state index < -0.39 is 0 Å². The van der Waals surface area contributed by atoms with Gasteiger partial charge in [0.2, 0.25) is 0 Å². The van der Waals surface area contributed by atoms with E-state index in [1.807, 2.05) is 12.1 Å². The number of nitrogens with two attached hydrogens (primary N) is 1. The van der Waals surface area contributed by atoms with Crippen molar-refractivity contribution in [2.75, 3.05) is 5.32 Å². The Kier molecular flexibility index (Phi) is 4.12. The molecule has 0 saturated heterocycles. The van der Waals surface area contributed by atoms with Gasteiger partial charge < -0.3 is 11.1 Å². The van der Waals surface area contributed by atoms with Crippen LogP contribution < -0.4 is 11.1 Å². The van der Waals surface area contributed by atoms with E-state index in [1.165, 1.54) is 11.1 Å². The third-order valence-electron chi connectivity index (χ3n) is 3.00. The molecule has 0 radical (unpaired) electrons. The summed E-state index contributed by atoms with van der Waals surface area (Å²) in [7, 11) is 0. The van der Waals surface area contributed by atoms with Crippen molar-refractivity contribution in [1.82, 2.24) is 4.98 Å². The molecular weight excluding hydrogens is 254 g/mol. The number of pyridine rings is 1. The lowest BCUT2D eigenvalue weighted by molar-refractivity contribution is 0.873. The van der Waals surface area contributed by atoms with Crippen molar-refractivity contribution >= 4 is 23.0 Å². The lowest BCUT2D eigenvalue weighted by Gasteiger charge is -2.17. The Labute approximate surface area is 118 Å². The second-order valence-electron chi connectivity index (χ2n) is 4.54. The molecule has 0 saturated carbocycles. The van der Waals surface area contributed by atoms with Gasteiger partial charge in [-0.05, 0) is 31.5 Å². The van der Waals surface area contributed by atoms with Crippen LogP contribution in [0.4, 0.5) is 5.82 Å². The maximum atomic E-state index is 5.70. The molecule has 1 atom stereocenters. The van der Waals surface area contributed by atoms with Crippen LogP contribution in [0.1, 0.15) is 29.7 Å². The molecule has 0 bridgehead atoms. The van der Waals surface area contributed by atoms with Crippen LogP contribution in [0.15, 0.2) is 42.6 Å². The summed E-state index contributed by atoms with van der Waals surface area (Å²) in [4.78, 5) is 4.66. The molecule has 0 aliphatic heterocycles. The van der Waals surface area contributed by atoms with Gasteiger partial charge in [0.1, 0.15) is 10.8 Å². The lowest BCUT2D eigenvalue weighted by atomic mass is 10.1. The molecule has 2 aromatic rings. The summed E-state index contributed by atoms with van der Waals surface area (Å²) in [6.45, 7) is 4.16. The van der Waals surface area contributed by atoms with Crippen molar-refractivity contribution in [3.63, 3.8) is 0 Å². The zero-order valence-electron chi connectivity index (χ0n) is 11.1. The molecule has 1 aromatic carbocycles. The molecule has 98 valence electrons. The Hall–Kier alpha value is -1.94. The second kappa shape index (κ2) is 5.80. The number of aryl methyl sites for hydroxylation is 1. The number of anilines is 1. The van der Waals surface area contributed by atoms with E-state index in [9.17, 15) is 0 Å². The number of rotatable bonds is 4. The first-order valence-corrected chi connectivity index (χ1v) is 6.56. The number of thiocarbonyl (C=S) groups is 1. The Morgan fingerprint density at radius 2 is 1.95 bits per heavy atom. The maximum absolute atomic E-state index is 5.70. The summed E-state index contributed by atoms with van der Waals surface area (Å²) in [5, 5.41) is 3.35. The molecule has 1 unspecified atom stereocenters. The number of nitrogens with one attached hydrogen (secondary N) is 1. The normalized spacial score (nSPS) is 11.9. The minimum Gasteiger partial charge on any atom is -0.389 e. The Morgan fingerprint density at radius 3 is 2.58 bits per heavy atom. The van der Waals surface area contributed by atoms with Crippen molar-refractivity contribution in [3.05, 3.63) is 59.3 Å². The van der Waals surface area contributed by atoms with Gasteiger partial charge in [-0.15, -0.1) is 0 Å². The minimum atomic E-state index is 0.142. The monoisotopic (exact) mass is 271 g/mol. The van der Waals surface area contributed by atoms with E-state index in [-0.39, 0.29) is 6.04 Å². The molecule has 1 heterocycles. The summed E-state index contributed by atoms with van der Waals surface area (Å²) < 4.78 is 0. The van der Waals surface area contributed by atoms with E-state index >= 15 is 0 Å². The van der Waals surface area contributed by atoms with E-state index in [4.69, 9.17) is 18.0 Å². The third kappa shape index (κ3) is 3.29. The fraction of sp³-hybridized carbons (Fsp3) is 0.200. The van der Waals surface area contributed by atoms with Gasteiger partial charge in [0.05, 0.1) is 5.56 Å². The first-order valence-electron chi connectivity index (χ1n) is 6.16. The molecule has 4 heteroatoms. The highest BCUT2D eigenvalue weighted by atomic mass is 32.1. The molecule has 0 fully saturated rings. The first kappa shape index (κ1) is 13.5. The average Bonchev–Trinajstić information content (AvgIpc) is 2.39. The number of hydrogen-bond acceptors (Lipinski definition) is 3. The molecule has 0 spiro atoms. The highest BCUT2D eigenvalue weighted by Gasteiger charge is 2.10. The van der Waals surface area contributed by atoms with Crippen LogP contribution in [0, 0.1) is 6.92 Å². The van der Waals surface area contributed by atoms with Crippen molar-refractivity contribution in [2.24, 2.45) is 5.73 Å². The predicted molar refractivity (Wildman–Crippen MR) is 83.3 cm³/mol. The number of aromatic nitrogens is 1. The Bertz CT molecular complexity index is 578. The van der Waals surface area contributed by atoms with E-state index in [1.54, 1.807) is 6.20 Å². The average molecular weight is 271 g/mol. The summed E-state index contributed by atoms with van der Waals surface area (Å²) >= 11 is 5.03. The zero-order valence-corrected chi connectivity index (χ0v) is 11.9. The largest absolute Gasteiger partial charge is 0.389 e. The SMILES string of the molecule is Cc1ccc(C(C)Nc2ncccc2C(N)=S)cc1. The molecule has 1 aromatic heterocycles. The van der Waals surface area contributed by atoms with Crippen LogP contribution in [0.2, 0.25) is 0 Å². The Balaban J connectivity index is 2.21. The second-order valence-corrected chi connectivity index (χ2v) is 4.98. The van der Waals surface area contributed by atoms with E-state index in [0.29, 0.717) is 4.99 Å². The topological polar surface area (TPSA) is 50.9 Å². The van der Waals surface area contributed by atoms with Crippen molar-refractivity contribution in [3.8, 4) is 0 Å². The van der Waals surface area contributed by atoms with Gasteiger partial charge in [-0.3, -0.25) is 0 Å². The molecule has 3 nitrogen and oxygen atoms in total. The lowest BCUT2D eigenvalue weighted by Crippen LogP contribution is -2.16. The molecule has 0 aliphatic carbocycles. The molecule has 3 N–H and O–H groups in total. The van der Waals surface area contributed by atoms with Crippen LogP contribution in [0.3, 0.4) is 0 Å². The van der Waals surface area contributed by atoms with Gasteiger partial charge in [-0.25, -0.2) is 4.98 Å². The summed E-state index contributed by atoms with van der Waals surface area (Å²) in [6, 6.07) is 12.3. The predicted octanol–water partition coefficient (Wildman–Crippen LogP) is 3.20. The maximum Gasteiger partial charge on any atom is 0.136 e. The standard InChI is InChI=1S/C15H17N3S/c1-10-5-7-12(8-6-10)11(2)18-15-13(14(16)19)4-3-9-17-15/h3-9,11H,1-2H3,(H2,16,19)(H,17,18). The van der Waals surface area contributed by atoms with Crippen LogP contribution in [0.5, 0.6) is 0 Å². The molecule has 19 heavy (non-hydrogen) atoms. The van der Waals surface area contributed by atoms with Gasteiger partial charge >= 0.3 is 0 Å². The number of nitrogens with zero attached hydrogens (tertiary/aromatic N) is 1.